The smallest absolute Gasteiger partial charge is 0.285 e. The molecule has 0 radical (unpaired) electrons. The first-order valence-corrected chi connectivity index (χ1v) is 8.17. The van der Waals surface area contributed by atoms with Crippen LogP contribution in [0.3, 0.4) is 0 Å². The number of rotatable bonds is 3. The first-order chi connectivity index (χ1) is 11.0. The summed E-state index contributed by atoms with van der Waals surface area (Å²) in [4.78, 5) is 36.3. The Morgan fingerprint density at radius 3 is 2.70 bits per heavy atom. The molecule has 124 valence electrons. The summed E-state index contributed by atoms with van der Waals surface area (Å²) in [7, 11) is 0. The molecule has 2 fully saturated rings. The molecule has 2 aliphatic rings. The average Bonchev–Trinajstić information content (AvgIpc) is 2.56. The maximum absolute atomic E-state index is 12.5. The molecule has 0 aromatic carbocycles. The zero-order valence-corrected chi connectivity index (χ0v) is 13.0. The van der Waals surface area contributed by atoms with Crippen molar-refractivity contribution < 1.29 is 9.72 Å². The quantitative estimate of drug-likeness (QED) is 0.628. The number of carbonyl (C=O) groups excluding carboxylic acids is 1. The molecule has 7 heteroatoms. The molecule has 1 amide bonds. The minimum absolute atomic E-state index is 0.127. The largest absolute Gasteiger partial charge is 0.341 e. The molecular formula is C16H21N3O4. The lowest BCUT2D eigenvalue weighted by molar-refractivity contribution is -0.385. The highest BCUT2D eigenvalue weighted by Gasteiger charge is 2.32. The van der Waals surface area contributed by atoms with Gasteiger partial charge in [-0.15, -0.1) is 0 Å². The van der Waals surface area contributed by atoms with E-state index in [0.29, 0.717) is 5.92 Å². The summed E-state index contributed by atoms with van der Waals surface area (Å²) in [6.45, 7) is 1.36. The minimum atomic E-state index is -0.562. The molecule has 0 N–H and O–H groups in total. The van der Waals surface area contributed by atoms with Crippen LogP contribution < -0.4 is 5.56 Å². The van der Waals surface area contributed by atoms with E-state index < -0.39 is 10.5 Å². The molecule has 1 aliphatic heterocycles. The number of nitrogens with zero attached hydrogens (tertiary/aromatic N) is 3. The zero-order chi connectivity index (χ0) is 16.4. The van der Waals surface area contributed by atoms with E-state index in [4.69, 9.17) is 0 Å². The molecule has 1 saturated carbocycles. The number of piperidine rings is 1. The number of aromatic nitrogens is 1. The zero-order valence-electron chi connectivity index (χ0n) is 13.0. The van der Waals surface area contributed by atoms with E-state index in [2.05, 4.69) is 0 Å². The molecule has 2 atom stereocenters. The van der Waals surface area contributed by atoms with Crippen LogP contribution in [0.1, 0.15) is 32.1 Å². The summed E-state index contributed by atoms with van der Waals surface area (Å²) in [5, 5.41) is 10.8. The van der Waals surface area contributed by atoms with E-state index in [9.17, 15) is 19.7 Å². The number of fused-ring (bicyclic) bond motifs is 1. The fourth-order valence-electron chi connectivity index (χ4n) is 3.82. The van der Waals surface area contributed by atoms with Gasteiger partial charge in [-0.2, -0.15) is 0 Å². The Kier molecular flexibility index (Phi) is 4.45. The van der Waals surface area contributed by atoms with E-state index in [0.717, 1.165) is 48.3 Å². The SMILES string of the molecule is O=C(Cn1cc([N+](=O)[O-])ccc1=O)N1CC[C@@H]2CCCC[C@@H]2C1. The van der Waals surface area contributed by atoms with Crippen LogP contribution in [0.25, 0.3) is 0 Å². The van der Waals surface area contributed by atoms with Crippen molar-refractivity contribution in [3.8, 4) is 0 Å². The van der Waals surface area contributed by atoms with E-state index in [1.54, 1.807) is 0 Å². The van der Waals surface area contributed by atoms with Crippen LogP contribution in [0.2, 0.25) is 0 Å². The van der Waals surface area contributed by atoms with E-state index in [-0.39, 0.29) is 18.1 Å². The Balaban J connectivity index is 1.68. The highest BCUT2D eigenvalue weighted by Crippen LogP contribution is 2.36. The fraction of sp³-hybridized carbons (Fsp3) is 0.625. The normalized spacial score (nSPS) is 24.1. The van der Waals surface area contributed by atoms with Crippen molar-refractivity contribution >= 4 is 11.6 Å². The Hall–Kier alpha value is -2.18. The van der Waals surface area contributed by atoms with Crippen LogP contribution in [0.5, 0.6) is 0 Å². The number of likely N-dealkylation sites (tertiary alicyclic amines) is 1. The van der Waals surface area contributed by atoms with Gasteiger partial charge in [0.05, 0.1) is 11.1 Å². The van der Waals surface area contributed by atoms with Gasteiger partial charge in [-0.1, -0.05) is 19.3 Å². The van der Waals surface area contributed by atoms with Crippen LogP contribution in [0.4, 0.5) is 5.69 Å². The standard InChI is InChI=1S/C16H21N3O4/c20-15-6-5-14(19(22)23)10-18(15)11-16(21)17-8-7-12-3-1-2-4-13(12)9-17/h5-6,10,12-13H,1-4,7-9,11H2/t12-,13+/m0/s1. The first kappa shape index (κ1) is 15.7. The Bertz CT molecular complexity index is 670. The highest BCUT2D eigenvalue weighted by molar-refractivity contribution is 5.76. The number of amides is 1. The third-order valence-electron chi connectivity index (χ3n) is 5.13. The van der Waals surface area contributed by atoms with Gasteiger partial charge >= 0.3 is 0 Å². The molecule has 2 heterocycles. The van der Waals surface area contributed by atoms with Crippen LogP contribution in [-0.4, -0.2) is 33.4 Å². The van der Waals surface area contributed by atoms with Gasteiger partial charge in [0.2, 0.25) is 5.91 Å². The van der Waals surface area contributed by atoms with Crippen LogP contribution >= 0.6 is 0 Å². The van der Waals surface area contributed by atoms with Crippen molar-refractivity contribution in [2.24, 2.45) is 11.8 Å². The second-order valence-corrected chi connectivity index (χ2v) is 6.54. The van der Waals surface area contributed by atoms with Crippen molar-refractivity contribution in [3.05, 3.63) is 38.8 Å². The van der Waals surface area contributed by atoms with Crippen LogP contribution in [0.15, 0.2) is 23.1 Å². The van der Waals surface area contributed by atoms with Crippen molar-refractivity contribution in [1.82, 2.24) is 9.47 Å². The molecule has 1 aromatic rings. The van der Waals surface area contributed by atoms with Gasteiger partial charge in [0.25, 0.3) is 11.2 Å². The van der Waals surface area contributed by atoms with Crippen LogP contribution in [-0.2, 0) is 11.3 Å². The third-order valence-corrected chi connectivity index (χ3v) is 5.13. The van der Waals surface area contributed by atoms with Gasteiger partial charge in [-0.05, 0) is 24.7 Å². The maximum atomic E-state index is 12.5. The van der Waals surface area contributed by atoms with E-state index in [1.807, 2.05) is 4.90 Å². The molecular weight excluding hydrogens is 298 g/mol. The van der Waals surface area contributed by atoms with Gasteiger partial charge in [-0.3, -0.25) is 24.3 Å². The van der Waals surface area contributed by atoms with E-state index in [1.165, 1.54) is 25.7 Å². The lowest BCUT2D eigenvalue weighted by atomic mass is 9.75. The molecule has 1 aromatic heterocycles. The summed E-state index contributed by atoms with van der Waals surface area (Å²) >= 11 is 0. The molecule has 23 heavy (non-hydrogen) atoms. The Morgan fingerprint density at radius 1 is 1.22 bits per heavy atom. The fourth-order valence-corrected chi connectivity index (χ4v) is 3.82. The molecule has 7 nitrogen and oxygen atoms in total. The summed E-state index contributed by atoms with van der Waals surface area (Å²) in [6.07, 6.45) is 7.13. The first-order valence-electron chi connectivity index (χ1n) is 8.17. The third kappa shape index (κ3) is 3.43. The predicted octanol–water partition coefficient (Wildman–Crippen LogP) is 1.80. The molecule has 3 rings (SSSR count). The minimum Gasteiger partial charge on any atom is -0.341 e. The molecule has 1 saturated heterocycles. The van der Waals surface area contributed by atoms with Gasteiger partial charge in [0.1, 0.15) is 6.54 Å². The number of hydrogen-bond donors (Lipinski definition) is 0. The lowest BCUT2D eigenvalue weighted by Gasteiger charge is -2.41. The predicted molar refractivity (Wildman–Crippen MR) is 84.0 cm³/mol. The van der Waals surface area contributed by atoms with Crippen molar-refractivity contribution in [3.63, 3.8) is 0 Å². The highest BCUT2D eigenvalue weighted by atomic mass is 16.6. The molecule has 0 spiro atoms. The van der Waals surface area contributed by atoms with E-state index >= 15 is 0 Å². The van der Waals surface area contributed by atoms with Crippen molar-refractivity contribution in [2.75, 3.05) is 13.1 Å². The number of carbonyl (C=O) groups is 1. The number of nitro groups is 1. The van der Waals surface area contributed by atoms with Crippen molar-refractivity contribution in [1.29, 1.82) is 0 Å². The summed E-state index contributed by atoms with van der Waals surface area (Å²) < 4.78 is 1.13. The van der Waals surface area contributed by atoms with Crippen LogP contribution in [0, 0.1) is 22.0 Å². The van der Waals surface area contributed by atoms with Gasteiger partial charge < -0.3 is 4.90 Å². The van der Waals surface area contributed by atoms with Crippen molar-refractivity contribution in [2.45, 2.75) is 38.6 Å². The second kappa shape index (κ2) is 6.52. The lowest BCUT2D eigenvalue weighted by Crippen LogP contribution is -2.46. The Morgan fingerprint density at radius 2 is 1.96 bits per heavy atom. The van der Waals surface area contributed by atoms with Gasteiger partial charge in [0.15, 0.2) is 0 Å². The molecule has 0 unspecified atom stereocenters. The topological polar surface area (TPSA) is 85.5 Å². The van der Waals surface area contributed by atoms with Gasteiger partial charge in [-0.25, -0.2) is 0 Å². The second-order valence-electron chi connectivity index (χ2n) is 6.54. The number of hydrogen-bond acceptors (Lipinski definition) is 4. The Labute approximate surface area is 134 Å². The van der Waals surface area contributed by atoms with Gasteiger partial charge in [0, 0.05) is 25.2 Å². The summed E-state index contributed by atoms with van der Waals surface area (Å²) in [6, 6.07) is 2.30. The maximum Gasteiger partial charge on any atom is 0.285 e. The molecule has 1 aliphatic carbocycles. The summed E-state index contributed by atoms with van der Waals surface area (Å²) in [5.41, 5.74) is -0.570. The average molecular weight is 319 g/mol. The molecule has 0 bridgehead atoms. The summed E-state index contributed by atoms with van der Waals surface area (Å²) in [5.74, 6) is 1.17. The monoisotopic (exact) mass is 319 g/mol. The number of pyridine rings is 1.